The van der Waals surface area contributed by atoms with Crippen LogP contribution in [0.25, 0.3) is 10.9 Å². The smallest absolute Gasteiger partial charge is 0.213 e. The van der Waals surface area contributed by atoms with E-state index >= 15 is 0 Å². The van der Waals surface area contributed by atoms with Gasteiger partial charge in [0.2, 0.25) is 5.78 Å². The first-order valence-electron chi connectivity index (χ1n) is 6.30. The summed E-state index contributed by atoms with van der Waals surface area (Å²) >= 11 is 0. The van der Waals surface area contributed by atoms with Crippen molar-refractivity contribution < 1.29 is 9.18 Å². The first kappa shape index (κ1) is 12.5. The van der Waals surface area contributed by atoms with E-state index in [1.807, 2.05) is 24.3 Å². The van der Waals surface area contributed by atoms with Crippen LogP contribution in [-0.2, 0) is 7.05 Å². The Labute approximate surface area is 115 Å². The Morgan fingerprint density at radius 1 is 1.20 bits per heavy atom. The first-order valence-corrected chi connectivity index (χ1v) is 6.30. The lowest BCUT2D eigenvalue weighted by atomic mass is 10.0. The van der Waals surface area contributed by atoms with E-state index in [9.17, 15) is 9.18 Å². The molecule has 3 rings (SSSR count). The highest BCUT2D eigenvalue weighted by molar-refractivity contribution is 6.14. The molecule has 1 aromatic heterocycles. The molecule has 0 atom stereocenters. The Balaban J connectivity index is 2.15. The highest BCUT2D eigenvalue weighted by Gasteiger charge is 2.18. The van der Waals surface area contributed by atoms with Crippen molar-refractivity contribution in [2.45, 2.75) is 6.92 Å². The van der Waals surface area contributed by atoms with E-state index < -0.39 is 0 Å². The quantitative estimate of drug-likeness (QED) is 0.669. The van der Waals surface area contributed by atoms with E-state index in [-0.39, 0.29) is 11.6 Å². The van der Waals surface area contributed by atoms with Crippen molar-refractivity contribution in [3.63, 3.8) is 0 Å². The number of hydrogen-bond acceptors (Lipinski definition) is 2. The topological polar surface area (TPSA) is 34.9 Å². The number of benzene rings is 2. The zero-order valence-corrected chi connectivity index (χ0v) is 11.2. The zero-order valence-electron chi connectivity index (χ0n) is 11.2. The van der Waals surface area contributed by atoms with Gasteiger partial charge in [0.1, 0.15) is 11.5 Å². The van der Waals surface area contributed by atoms with E-state index in [0.29, 0.717) is 16.8 Å². The summed E-state index contributed by atoms with van der Waals surface area (Å²) in [6.07, 6.45) is 0. The second kappa shape index (κ2) is 4.56. The Bertz CT molecular complexity index is 820. The van der Waals surface area contributed by atoms with Crippen LogP contribution in [0, 0.1) is 12.7 Å². The van der Waals surface area contributed by atoms with Gasteiger partial charge in [-0.3, -0.25) is 9.48 Å². The lowest BCUT2D eigenvalue weighted by Crippen LogP contribution is -2.04. The SMILES string of the molecule is Cc1ccc(C(=O)c2nn(C)c3ccccc23)cc1F. The normalized spacial score (nSPS) is 10.9. The fourth-order valence-corrected chi connectivity index (χ4v) is 2.25. The van der Waals surface area contributed by atoms with Crippen LogP contribution in [0.2, 0.25) is 0 Å². The number of nitrogens with zero attached hydrogens (tertiary/aromatic N) is 2. The highest BCUT2D eigenvalue weighted by Crippen LogP contribution is 2.21. The molecule has 0 bridgehead atoms. The number of rotatable bonds is 2. The predicted octanol–water partition coefficient (Wildman–Crippen LogP) is 3.25. The number of carbonyl (C=O) groups excluding carboxylic acids is 1. The van der Waals surface area contributed by atoms with Gasteiger partial charge in [0.15, 0.2) is 0 Å². The standard InChI is InChI=1S/C16H13FN2O/c1-10-7-8-11(9-13(10)17)16(20)15-12-5-3-4-6-14(12)19(2)18-15/h3-9H,1-2H3. The molecule has 0 aliphatic heterocycles. The number of aryl methyl sites for hydroxylation is 2. The molecule has 3 nitrogen and oxygen atoms in total. The summed E-state index contributed by atoms with van der Waals surface area (Å²) in [6, 6.07) is 12.0. The third-order valence-electron chi connectivity index (χ3n) is 3.41. The van der Waals surface area contributed by atoms with Crippen LogP contribution in [-0.4, -0.2) is 15.6 Å². The van der Waals surface area contributed by atoms with Crippen molar-refractivity contribution in [2.75, 3.05) is 0 Å². The van der Waals surface area contributed by atoms with Crippen LogP contribution in [0.4, 0.5) is 4.39 Å². The molecule has 0 unspecified atom stereocenters. The van der Waals surface area contributed by atoms with Crippen molar-refractivity contribution in [1.29, 1.82) is 0 Å². The van der Waals surface area contributed by atoms with E-state index in [1.165, 1.54) is 6.07 Å². The van der Waals surface area contributed by atoms with Gasteiger partial charge in [0.05, 0.1) is 5.52 Å². The van der Waals surface area contributed by atoms with Crippen LogP contribution in [0.15, 0.2) is 42.5 Å². The minimum Gasteiger partial charge on any atom is -0.287 e. The lowest BCUT2D eigenvalue weighted by Gasteiger charge is -2.01. The van der Waals surface area contributed by atoms with Crippen molar-refractivity contribution >= 4 is 16.7 Å². The molecule has 0 N–H and O–H groups in total. The maximum Gasteiger partial charge on any atom is 0.213 e. The number of halogens is 1. The summed E-state index contributed by atoms with van der Waals surface area (Å²) in [5.74, 6) is -0.642. The van der Waals surface area contributed by atoms with E-state index in [0.717, 1.165) is 10.9 Å². The molecule has 0 fully saturated rings. The molecule has 2 aromatic carbocycles. The van der Waals surface area contributed by atoms with Crippen LogP contribution in [0.5, 0.6) is 0 Å². The third-order valence-corrected chi connectivity index (χ3v) is 3.41. The van der Waals surface area contributed by atoms with Gasteiger partial charge < -0.3 is 0 Å². The van der Waals surface area contributed by atoms with Gasteiger partial charge in [-0.2, -0.15) is 5.10 Å². The van der Waals surface area contributed by atoms with Crippen molar-refractivity contribution in [3.05, 3.63) is 65.1 Å². The Hall–Kier alpha value is -2.49. The molecule has 0 spiro atoms. The number of fused-ring (bicyclic) bond motifs is 1. The van der Waals surface area contributed by atoms with Gasteiger partial charge in [-0.15, -0.1) is 0 Å². The predicted molar refractivity (Wildman–Crippen MR) is 75.3 cm³/mol. The summed E-state index contributed by atoms with van der Waals surface area (Å²) < 4.78 is 15.3. The van der Waals surface area contributed by atoms with Crippen LogP contribution in [0.3, 0.4) is 0 Å². The molecule has 1 heterocycles. The summed E-state index contributed by atoms with van der Waals surface area (Å²) in [5, 5.41) is 5.04. The molecule has 0 amide bonds. The molecule has 0 aliphatic carbocycles. The van der Waals surface area contributed by atoms with Gasteiger partial charge >= 0.3 is 0 Å². The summed E-state index contributed by atoms with van der Waals surface area (Å²) in [4.78, 5) is 12.5. The average molecular weight is 268 g/mol. The molecule has 20 heavy (non-hydrogen) atoms. The van der Waals surface area contributed by atoms with Gasteiger partial charge in [-0.1, -0.05) is 30.3 Å². The Morgan fingerprint density at radius 2 is 1.95 bits per heavy atom. The van der Waals surface area contributed by atoms with Gasteiger partial charge in [0, 0.05) is 18.0 Å². The molecule has 4 heteroatoms. The van der Waals surface area contributed by atoms with Crippen molar-refractivity contribution in [2.24, 2.45) is 7.05 Å². The number of para-hydroxylation sites is 1. The Kier molecular flexibility index (Phi) is 2.86. The average Bonchev–Trinajstić information content (AvgIpc) is 2.79. The molecule has 0 aliphatic rings. The molecule has 0 saturated carbocycles. The van der Waals surface area contributed by atoms with Crippen LogP contribution in [0.1, 0.15) is 21.6 Å². The summed E-state index contributed by atoms with van der Waals surface area (Å²) in [7, 11) is 1.79. The minimum atomic E-state index is -0.379. The number of carbonyl (C=O) groups is 1. The fraction of sp³-hybridized carbons (Fsp3) is 0.125. The van der Waals surface area contributed by atoms with E-state index in [2.05, 4.69) is 5.10 Å². The molecular formula is C16H13FN2O. The second-order valence-corrected chi connectivity index (χ2v) is 4.78. The highest BCUT2D eigenvalue weighted by atomic mass is 19.1. The van der Waals surface area contributed by atoms with Crippen LogP contribution < -0.4 is 0 Å². The summed E-state index contributed by atoms with van der Waals surface area (Å²) in [6.45, 7) is 1.67. The molecule has 3 aromatic rings. The molecule has 0 radical (unpaired) electrons. The first-order chi connectivity index (χ1) is 9.58. The second-order valence-electron chi connectivity index (χ2n) is 4.78. The molecule has 100 valence electrons. The number of aromatic nitrogens is 2. The zero-order chi connectivity index (χ0) is 14.3. The van der Waals surface area contributed by atoms with Gasteiger partial charge in [-0.25, -0.2) is 4.39 Å². The number of hydrogen-bond donors (Lipinski definition) is 0. The Morgan fingerprint density at radius 3 is 2.70 bits per heavy atom. The molecular weight excluding hydrogens is 255 g/mol. The monoisotopic (exact) mass is 268 g/mol. The largest absolute Gasteiger partial charge is 0.287 e. The van der Waals surface area contributed by atoms with E-state index in [4.69, 9.17) is 0 Å². The van der Waals surface area contributed by atoms with E-state index in [1.54, 1.807) is 30.8 Å². The maximum absolute atomic E-state index is 13.6. The summed E-state index contributed by atoms with van der Waals surface area (Å²) in [5.41, 5.74) is 2.07. The van der Waals surface area contributed by atoms with Crippen LogP contribution >= 0.6 is 0 Å². The maximum atomic E-state index is 13.6. The van der Waals surface area contributed by atoms with Crippen molar-refractivity contribution in [3.8, 4) is 0 Å². The van der Waals surface area contributed by atoms with Gasteiger partial charge in [-0.05, 0) is 24.6 Å². The fourth-order valence-electron chi connectivity index (χ4n) is 2.25. The third kappa shape index (κ3) is 1.90. The van der Waals surface area contributed by atoms with Crippen molar-refractivity contribution in [1.82, 2.24) is 9.78 Å². The molecule has 0 saturated heterocycles. The number of ketones is 1. The lowest BCUT2D eigenvalue weighted by molar-refractivity contribution is 0.103. The minimum absolute atomic E-state index is 0.263. The van der Waals surface area contributed by atoms with Gasteiger partial charge in [0.25, 0.3) is 0 Å².